The van der Waals surface area contributed by atoms with Gasteiger partial charge in [0.05, 0.1) is 0 Å². The molecule has 0 bridgehead atoms. The predicted molar refractivity (Wildman–Crippen MR) is 128 cm³/mol. The molecule has 2 saturated carbocycles. The van der Waals surface area contributed by atoms with Gasteiger partial charge in [0, 0.05) is 68.2 Å². The van der Waals surface area contributed by atoms with Gasteiger partial charge in [-0.05, 0) is 36.8 Å². The maximum absolute atomic E-state index is 13.3. The van der Waals surface area contributed by atoms with E-state index in [9.17, 15) is 18.0 Å². The number of aromatic nitrogens is 5. The highest BCUT2D eigenvalue weighted by molar-refractivity contribution is 5.77. The second-order valence-electron chi connectivity index (χ2n) is 11.4. The van der Waals surface area contributed by atoms with Crippen molar-refractivity contribution in [3.63, 3.8) is 0 Å². The topological polar surface area (TPSA) is 82.9 Å². The summed E-state index contributed by atoms with van der Waals surface area (Å²) in [5.41, 5.74) is 0.932. The van der Waals surface area contributed by atoms with Crippen LogP contribution in [0.25, 0.3) is 11.1 Å². The van der Waals surface area contributed by atoms with Crippen LogP contribution in [0.3, 0.4) is 0 Å². The first kappa shape index (κ1) is 22.8. The van der Waals surface area contributed by atoms with Gasteiger partial charge in [-0.15, -0.1) is 0 Å². The minimum atomic E-state index is -4.50. The lowest BCUT2D eigenvalue weighted by Crippen LogP contribution is -2.67. The predicted octanol–water partition coefficient (Wildman–Crippen LogP) is 4.50. The van der Waals surface area contributed by atoms with Gasteiger partial charge in [-0.3, -0.25) is 9.78 Å². The van der Waals surface area contributed by atoms with E-state index in [4.69, 9.17) is 0 Å². The Balaban J connectivity index is 0.909. The van der Waals surface area contributed by atoms with Gasteiger partial charge in [-0.1, -0.05) is 24.3 Å². The van der Waals surface area contributed by atoms with Crippen LogP contribution in [0.15, 0.2) is 30.5 Å². The van der Waals surface area contributed by atoms with Crippen molar-refractivity contribution in [2.45, 2.75) is 49.6 Å². The largest absolute Gasteiger partial charge is 0.435 e. The molecule has 7 rings (SSSR count). The average Bonchev–Trinajstić information content (AvgIpc) is 3.36. The molecule has 2 amide bonds. The first-order valence-electron chi connectivity index (χ1n) is 12.8. The second kappa shape index (κ2) is 7.82. The lowest BCUT2D eigenvalue weighted by Gasteiger charge is -2.59. The molecule has 4 heterocycles. The minimum absolute atomic E-state index is 0.0725. The van der Waals surface area contributed by atoms with Gasteiger partial charge in [0.2, 0.25) is 0 Å². The van der Waals surface area contributed by atoms with Crippen LogP contribution in [0.4, 0.5) is 18.0 Å². The molecule has 0 radical (unpaired) electrons. The molecule has 11 heteroatoms. The highest BCUT2D eigenvalue weighted by atomic mass is 19.4. The highest BCUT2D eigenvalue weighted by Gasteiger charge is 2.56. The molecule has 1 N–H and O–H groups in total. The summed E-state index contributed by atoms with van der Waals surface area (Å²) >= 11 is 0. The maximum atomic E-state index is 13.3. The molecule has 1 spiro atoms. The summed E-state index contributed by atoms with van der Waals surface area (Å²) < 4.78 is 41.1. The van der Waals surface area contributed by atoms with Crippen molar-refractivity contribution in [2.24, 2.45) is 12.5 Å². The molecule has 8 nitrogen and oxygen atoms in total. The molecule has 194 valence electrons. The van der Waals surface area contributed by atoms with Crippen LogP contribution in [0.1, 0.15) is 66.3 Å². The Labute approximate surface area is 211 Å². The Hall–Kier alpha value is -3.37. The second-order valence-corrected chi connectivity index (χ2v) is 11.4. The SMILES string of the molecule is Cn1cc(-c2ccc(C3CN(C(=O)N4CC5(CC(c6n[nH]c(C7CC7)n6)C5)C4)C3)cc2)c(C(F)(F)F)n1. The number of halogens is 3. The first-order valence-corrected chi connectivity index (χ1v) is 12.8. The molecular formula is C26H28F3N7O. The van der Waals surface area contributed by atoms with Gasteiger partial charge in [-0.25, -0.2) is 9.78 Å². The number of hydrogen-bond donors (Lipinski definition) is 1. The smallest absolute Gasteiger partial charge is 0.323 e. The maximum Gasteiger partial charge on any atom is 0.435 e. The first-order chi connectivity index (χ1) is 17.7. The molecule has 4 fully saturated rings. The molecule has 0 atom stereocenters. The van der Waals surface area contributed by atoms with Crippen molar-refractivity contribution in [3.8, 4) is 11.1 Å². The van der Waals surface area contributed by atoms with Gasteiger partial charge in [0.25, 0.3) is 0 Å². The number of carbonyl (C=O) groups is 1. The van der Waals surface area contributed by atoms with E-state index in [1.807, 2.05) is 21.9 Å². The number of H-pyrrole nitrogens is 1. The number of nitrogens with one attached hydrogen (secondary N) is 1. The number of nitrogens with zero attached hydrogens (tertiary/aromatic N) is 6. The zero-order valence-electron chi connectivity index (χ0n) is 20.5. The fraction of sp³-hybridized carbons (Fsp3) is 0.538. The quantitative estimate of drug-likeness (QED) is 0.559. The van der Waals surface area contributed by atoms with E-state index in [-0.39, 0.29) is 22.9 Å². The third kappa shape index (κ3) is 3.90. The highest BCUT2D eigenvalue weighted by Crippen LogP contribution is 2.56. The molecule has 1 aromatic carbocycles. The van der Waals surface area contributed by atoms with E-state index in [0.29, 0.717) is 30.5 Å². The van der Waals surface area contributed by atoms with E-state index in [1.54, 1.807) is 12.1 Å². The van der Waals surface area contributed by atoms with Gasteiger partial charge in [0.15, 0.2) is 11.5 Å². The van der Waals surface area contributed by atoms with E-state index in [0.717, 1.165) is 43.1 Å². The molecule has 2 aliphatic heterocycles. The Morgan fingerprint density at radius 2 is 1.73 bits per heavy atom. The monoisotopic (exact) mass is 511 g/mol. The summed E-state index contributed by atoms with van der Waals surface area (Å²) in [5, 5.41) is 11.1. The van der Waals surface area contributed by atoms with Crippen LogP contribution in [0, 0.1) is 5.41 Å². The summed E-state index contributed by atoms with van der Waals surface area (Å²) in [6.45, 7) is 2.85. The number of amides is 2. The van der Waals surface area contributed by atoms with Gasteiger partial charge < -0.3 is 9.80 Å². The number of hydrogen-bond acceptors (Lipinski definition) is 4. The van der Waals surface area contributed by atoms with E-state index < -0.39 is 11.9 Å². The Morgan fingerprint density at radius 3 is 2.38 bits per heavy atom. The summed E-state index contributed by atoms with van der Waals surface area (Å²) in [7, 11) is 1.48. The number of benzene rings is 1. The number of aryl methyl sites for hydroxylation is 1. The van der Waals surface area contributed by atoms with E-state index in [1.165, 1.54) is 30.8 Å². The summed E-state index contributed by atoms with van der Waals surface area (Å²) in [4.78, 5) is 21.4. The lowest BCUT2D eigenvalue weighted by molar-refractivity contribution is -0.140. The minimum Gasteiger partial charge on any atom is -0.323 e. The van der Waals surface area contributed by atoms with E-state index >= 15 is 0 Å². The van der Waals surface area contributed by atoms with Crippen molar-refractivity contribution in [2.75, 3.05) is 26.2 Å². The van der Waals surface area contributed by atoms with Gasteiger partial charge in [-0.2, -0.15) is 23.4 Å². The number of aromatic amines is 1. The molecule has 0 unspecified atom stereocenters. The Bertz CT molecular complexity index is 1340. The third-order valence-corrected chi connectivity index (χ3v) is 8.47. The standard InChI is InChI=1S/C26H28F3N7O/c1-34-12-20(21(33-34)26(27,28)29)16-4-2-15(3-5-16)19-10-35(11-19)24(37)36-13-25(14-36)8-18(9-25)23-30-22(31-32-23)17-6-7-17/h2-5,12,17-19H,6-11,13-14H2,1H3,(H,30,31,32). The van der Waals surface area contributed by atoms with Crippen LogP contribution >= 0.6 is 0 Å². The zero-order chi connectivity index (χ0) is 25.5. The fourth-order valence-electron chi connectivity index (χ4n) is 6.22. The number of carbonyl (C=O) groups excluding carboxylic acids is 1. The van der Waals surface area contributed by atoms with Gasteiger partial charge >= 0.3 is 12.2 Å². The van der Waals surface area contributed by atoms with Crippen molar-refractivity contribution in [3.05, 3.63) is 53.4 Å². The molecule has 2 aliphatic carbocycles. The van der Waals surface area contributed by atoms with Crippen molar-refractivity contribution < 1.29 is 18.0 Å². The lowest BCUT2D eigenvalue weighted by atomic mass is 9.57. The van der Waals surface area contributed by atoms with Crippen molar-refractivity contribution in [1.82, 2.24) is 34.8 Å². The zero-order valence-corrected chi connectivity index (χ0v) is 20.5. The van der Waals surface area contributed by atoms with Crippen LogP contribution in [0.5, 0.6) is 0 Å². The van der Waals surface area contributed by atoms with Crippen LogP contribution < -0.4 is 0 Å². The molecular weight excluding hydrogens is 483 g/mol. The van der Waals surface area contributed by atoms with Crippen molar-refractivity contribution >= 4 is 6.03 Å². The van der Waals surface area contributed by atoms with Crippen LogP contribution in [0.2, 0.25) is 0 Å². The molecule has 3 aromatic rings. The molecule has 2 saturated heterocycles. The number of rotatable bonds is 4. The molecule has 2 aromatic heterocycles. The van der Waals surface area contributed by atoms with Crippen molar-refractivity contribution in [1.29, 1.82) is 0 Å². The molecule has 4 aliphatic rings. The normalized spacial score (nSPS) is 21.6. The Kier molecular flexibility index (Phi) is 4.82. The summed E-state index contributed by atoms with van der Waals surface area (Å²) in [6, 6.07) is 7.22. The summed E-state index contributed by atoms with van der Waals surface area (Å²) in [6.07, 6.45) is 1.38. The number of urea groups is 1. The van der Waals surface area contributed by atoms with E-state index in [2.05, 4.69) is 20.3 Å². The Morgan fingerprint density at radius 1 is 1.03 bits per heavy atom. The average molecular weight is 512 g/mol. The number of likely N-dealkylation sites (tertiary alicyclic amines) is 2. The van der Waals surface area contributed by atoms with Crippen LogP contribution in [-0.2, 0) is 13.2 Å². The number of alkyl halides is 3. The molecule has 37 heavy (non-hydrogen) atoms. The van der Waals surface area contributed by atoms with Crippen LogP contribution in [-0.4, -0.2) is 67.0 Å². The fourth-order valence-corrected chi connectivity index (χ4v) is 6.22. The van der Waals surface area contributed by atoms with Gasteiger partial charge in [0.1, 0.15) is 5.82 Å². The summed E-state index contributed by atoms with van der Waals surface area (Å²) in [5.74, 6) is 3.15. The third-order valence-electron chi connectivity index (χ3n) is 8.47.